The van der Waals surface area contributed by atoms with Gasteiger partial charge in [0.2, 0.25) is 0 Å². The number of carbonyl (C=O) groups excluding carboxylic acids is 2. The van der Waals surface area contributed by atoms with E-state index in [9.17, 15) is 9.59 Å². The lowest BCUT2D eigenvalue weighted by molar-refractivity contribution is 0.0846. The van der Waals surface area contributed by atoms with Crippen molar-refractivity contribution < 1.29 is 19.1 Å². The minimum absolute atomic E-state index is 0.391. The quantitative estimate of drug-likeness (QED) is 0.586. The molecule has 0 bridgehead atoms. The van der Waals surface area contributed by atoms with Crippen LogP contribution in [0.1, 0.15) is 27.6 Å². The molecule has 132 valence electrons. The fourth-order valence-corrected chi connectivity index (χ4v) is 2.05. The first-order chi connectivity index (χ1) is 12.1. The van der Waals surface area contributed by atoms with Gasteiger partial charge in [0.25, 0.3) is 11.8 Å². The summed E-state index contributed by atoms with van der Waals surface area (Å²) in [6.45, 7) is 3.51. The Hall–Kier alpha value is -2.57. The third kappa shape index (κ3) is 6.10. The van der Waals surface area contributed by atoms with Gasteiger partial charge in [0, 0.05) is 22.8 Å². The Kier molecular flexibility index (Phi) is 7.25. The maximum Gasteiger partial charge on any atom is 0.269 e. The average molecular weight is 363 g/mol. The van der Waals surface area contributed by atoms with Crippen LogP contribution in [0.15, 0.2) is 48.5 Å². The second kappa shape index (κ2) is 9.66. The third-order valence-electron chi connectivity index (χ3n) is 3.21. The van der Waals surface area contributed by atoms with Crippen molar-refractivity contribution in [2.45, 2.75) is 6.92 Å². The lowest BCUT2D eigenvalue weighted by Crippen LogP contribution is -2.41. The van der Waals surface area contributed by atoms with E-state index in [0.29, 0.717) is 41.7 Å². The van der Waals surface area contributed by atoms with Gasteiger partial charge in [-0.25, -0.2) is 0 Å². The SMILES string of the molecule is CCOCCOc1ccc(C(=O)NNC(=O)c2ccc(Cl)cc2)cc1. The van der Waals surface area contributed by atoms with Crippen molar-refractivity contribution in [3.63, 3.8) is 0 Å². The van der Waals surface area contributed by atoms with Crippen LogP contribution in [0.3, 0.4) is 0 Å². The predicted molar refractivity (Wildman–Crippen MR) is 94.8 cm³/mol. The molecule has 0 spiro atoms. The summed E-state index contributed by atoms with van der Waals surface area (Å²) in [5.74, 6) is -0.217. The van der Waals surface area contributed by atoms with Gasteiger partial charge in [0.05, 0.1) is 6.61 Å². The van der Waals surface area contributed by atoms with Gasteiger partial charge in [0.1, 0.15) is 12.4 Å². The highest BCUT2D eigenvalue weighted by Crippen LogP contribution is 2.12. The maximum absolute atomic E-state index is 12.0. The van der Waals surface area contributed by atoms with E-state index in [4.69, 9.17) is 21.1 Å². The molecule has 0 radical (unpaired) electrons. The van der Waals surface area contributed by atoms with Crippen molar-refractivity contribution in [2.24, 2.45) is 0 Å². The largest absolute Gasteiger partial charge is 0.491 e. The van der Waals surface area contributed by atoms with Crippen molar-refractivity contribution in [3.05, 3.63) is 64.7 Å². The van der Waals surface area contributed by atoms with Gasteiger partial charge in [-0.15, -0.1) is 0 Å². The predicted octanol–water partition coefficient (Wildman–Crippen LogP) is 2.83. The fraction of sp³-hybridized carbons (Fsp3) is 0.222. The molecule has 2 aromatic rings. The molecule has 0 fully saturated rings. The molecule has 0 aliphatic carbocycles. The molecule has 0 aromatic heterocycles. The Morgan fingerprint density at radius 1 is 0.880 bits per heavy atom. The summed E-state index contributed by atoms with van der Waals surface area (Å²) in [6, 6.07) is 12.9. The van der Waals surface area contributed by atoms with Crippen molar-refractivity contribution in [1.82, 2.24) is 10.9 Å². The standard InChI is InChI=1S/C18H19ClN2O4/c1-2-24-11-12-25-16-9-5-14(6-10-16)18(23)21-20-17(22)13-3-7-15(19)8-4-13/h3-10H,2,11-12H2,1H3,(H,20,22)(H,21,23). The summed E-state index contributed by atoms with van der Waals surface area (Å²) in [5, 5.41) is 0.532. The van der Waals surface area contributed by atoms with E-state index >= 15 is 0 Å². The van der Waals surface area contributed by atoms with E-state index in [0.717, 1.165) is 0 Å². The number of hydrogen-bond donors (Lipinski definition) is 2. The van der Waals surface area contributed by atoms with Crippen molar-refractivity contribution in [1.29, 1.82) is 0 Å². The normalized spacial score (nSPS) is 10.2. The summed E-state index contributed by atoms with van der Waals surface area (Å²) in [7, 11) is 0. The molecule has 0 aliphatic rings. The molecule has 2 N–H and O–H groups in total. The van der Waals surface area contributed by atoms with Crippen LogP contribution in [0, 0.1) is 0 Å². The lowest BCUT2D eigenvalue weighted by Gasteiger charge is -2.09. The zero-order valence-electron chi connectivity index (χ0n) is 13.8. The molecule has 25 heavy (non-hydrogen) atoms. The first-order valence-electron chi connectivity index (χ1n) is 7.77. The van der Waals surface area contributed by atoms with Crippen LogP contribution in [0.2, 0.25) is 5.02 Å². The second-order valence-electron chi connectivity index (χ2n) is 4.98. The summed E-state index contributed by atoms with van der Waals surface area (Å²) in [6.07, 6.45) is 0. The van der Waals surface area contributed by atoms with Crippen LogP contribution in [0.4, 0.5) is 0 Å². The molecule has 0 unspecified atom stereocenters. The van der Waals surface area contributed by atoms with Crippen LogP contribution in [-0.4, -0.2) is 31.6 Å². The molecule has 7 heteroatoms. The van der Waals surface area contributed by atoms with E-state index in [1.807, 2.05) is 6.92 Å². The monoisotopic (exact) mass is 362 g/mol. The van der Waals surface area contributed by atoms with E-state index in [1.54, 1.807) is 48.5 Å². The number of hydrogen-bond acceptors (Lipinski definition) is 4. The van der Waals surface area contributed by atoms with Gasteiger partial charge in [-0.05, 0) is 55.5 Å². The van der Waals surface area contributed by atoms with Crippen molar-refractivity contribution in [3.8, 4) is 5.75 Å². The van der Waals surface area contributed by atoms with Gasteiger partial charge in [0.15, 0.2) is 0 Å². The molecule has 6 nitrogen and oxygen atoms in total. The zero-order valence-corrected chi connectivity index (χ0v) is 14.5. The summed E-state index contributed by atoms with van der Waals surface area (Å²) >= 11 is 5.77. The Labute approximate surface area is 151 Å². The Morgan fingerprint density at radius 2 is 1.40 bits per heavy atom. The van der Waals surface area contributed by atoms with Gasteiger partial charge in [-0.2, -0.15) is 0 Å². The molecule has 0 saturated heterocycles. The summed E-state index contributed by atoms with van der Waals surface area (Å²) < 4.78 is 10.6. The Balaban J connectivity index is 1.82. The molecule has 0 aliphatic heterocycles. The minimum atomic E-state index is -0.430. The van der Waals surface area contributed by atoms with Crippen molar-refractivity contribution >= 4 is 23.4 Å². The minimum Gasteiger partial charge on any atom is -0.491 e. The number of carbonyl (C=O) groups is 2. The highest BCUT2D eigenvalue weighted by Gasteiger charge is 2.09. The molecule has 2 aromatic carbocycles. The second-order valence-corrected chi connectivity index (χ2v) is 5.42. The summed E-state index contributed by atoms with van der Waals surface area (Å²) in [4.78, 5) is 24.0. The third-order valence-corrected chi connectivity index (χ3v) is 3.46. The highest BCUT2D eigenvalue weighted by atomic mass is 35.5. The number of amides is 2. The smallest absolute Gasteiger partial charge is 0.269 e. The lowest BCUT2D eigenvalue weighted by atomic mass is 10.2. The number of rotatable bonds is 7. The first-order valence-corrected chi connectivity index (χ1v) is 8.15. The van der Waals surface area contributed by atoms with Crippen LogP contribution in [0.25, 0.3) is 0 Å². The number of ether oxygens (including phenoxy) is 2. The average Bonchev–Trinajstić information content (AvgIpc) is 2.64. The molecule has 2 rings (SSSR count). The van der Waals surface area contributed by atoms with Gasteiger partial charge >= 0.3 is 0 Å². The molecule has 0 atom stereocenters. The highest BCUT2D eigenvalue weighted by molar-refractivity contribution is 6.30. The molecular weight excluding hydrogens is 344 g/mol. The summed E-state index contributed by atoms with van der Waals surface area (Å²) in [5.41, 5.74) is 5.50. The maximum atomic E-state index is 12.0. The van der Waals surface area contributed by atoms with Crippen molar-refractivity contribution in [2.75, 3.05) is 19.8 Å². The van der Waals surface area contributed by atoms with Gasteiger partial charge in [-0.1, -0.05) is 11.6 Å². The number of benzene rings is 2. The van der Waals surface area contributed by atoms with Gasteiger partial charge < -0.3 is 9.47 Å². The Morgan fingerprint density at radius 3 is 1.92 bits per heavy atom. The van der Waals surface area contributed by atoms with Gasteiger partial charge in [-0.3, -0.25) is 20.4 Å². The molecule has 0 saturated carbocycles. The van der Waals surface area contributed by atoms with Crippen LogP contribution < -0.4 is 15.6 Å². The molecular formula is C18H19ClN2O4. The number of hydrazine groups is 1. The zero-order chi connectivity index (χ0) is 18.1. The molecule has 0 heterocycles. The van der Waals surface area contributed by atoms with E-state index in [2.05, 4.69) is 10.9 Å². The number of nitrogens with one attached hydrogen (secondary N) is 2. The van der Waals surface area contributed by atoms with E-state index in [-0.39, 0.29) is 0 Å². The molecule has 2 amide bonds. The Bertz CT molecular complexity index is 702. The number of halogens is 1. The van der Waals surface area contributed by atoms with Crippen LogP contribution in [0.5, 0.6) is 5.75 Å². The van der Waals surface area contributed by atoms with E-state index < -0.39 is 11.8 Å². The van der Waals surface area contributed by atoms with E-state index in [1.165, 1.54) is 0 Å². The topological polar surface area (TPSA) is 76.7 Å². The van der Waals surface area contributed by atoms with Crippen LogP contribution >= 0.6 is 11.6 Å². The van der Waals surface area contributed by atoms with Crippen LogP contribution in [-0.2, 0) is 4.74 Å². The fourth-order valence-electron chi connectivity index (χ4n) is 1.92. The first kappa shape index (κ1) is 18.8.